The molecule has 5 aliphatic rings. The number of aliphatic hydroxyl groups excluding tert-OH is 1. The molecule has 7 nitrogen and oxygen atoms in total. The van der Waals surface area contributed by atoms with E-state index in [-0.39, 0.29) is 36.3 Å². The summed E-state index contributed by atoms with van der Waals surface area (Å²) in [5, 5.41) is 16.4. The first kappa shape index (κ1) is 40.2. The molecule has 0 radical (unpaired) electrons. The highest BCUT2D eigenvalue weighted by Gasteiger charge is 2.51. The van der Waals surface area contributed by atoms with Gasteiger partial charge in [0, 0.05) is 29.3 Å². The number of aliphatic hydroxyl groups is 1. The number of unbranched alkanes of at least 4 members (excludes halogenated alkanes) is 10. The van der Waals surface area contributed by atoms with Gasteiger partial charge in [-0.15, -0.1) is 0 Å². The fraction of sp³-hybridized carbons (Fsp3) is 0.717. The Morgan fingerprint density at radius 1 is 0.774 bits per heavy atom. The maximum absolute atomic E-state index is 13.5. The molecule has 7 rings (SSSR count). The molecule has 3 N–H and O–H groups in total. The van der Waals surface area contributed by atoms with Gasteiger partial charge in [0.2, 0.25) is 0 Å². The monoisotopic (exact) mass is 730 g/mol. The lowest BCUT2D eigenvalue weighted by Crippen LogP contribution is -2.60. The third kappa shape index (κ3) is 11.3. The van der Waals surface area contributed by atoms with Crippen molar-refractivity contribution in [2.45, 2.75) is 167 Å². The lowest BCUT2D eigenvalue weighted by molar-refractivity contribution is -0.276. The largest absolute Gasteiger partial charge is 0.392 e. The quantitative estimate of drug-likeness (QED) is 0.111. The molecule has 1 aliphatic heterocycles. The number of benzene rings is 2. The van der Waals surface area contributed by atoms with Gasteiger partial charge in [0.15, 0.2) is 6.29 Å². The SMILES string of the molecule is CCCCCCCCN(CCCCCCCC)CC1OC(c2cccc(NC(=O)NC34CC5CC(CC(C5)C3)C4)c2)OC(c2ccc(CO)cc2)C1C. The van der Waals surface area contributed by atoms with E-state index in [4.69, 9.17) is 9.47 Å². The van der Waals surface area contributed by atoms with E-state index in [2.05, 4.69) is 54.5 Å². The van der Waals surface area contributed by atoms with Crippen molar-refractivity contribution >= 4 is 11.7 Å². The van der Waals surface area contributed by atoms with Crippen LogP contribution in [0.25, 0.3) is 0 Å². The van der Waals surface area contributed by atoms with Crippen LogP contribution in [0.4, 0.5) is 10.5 Å². The van der Waals surface area contributed by atoms with Gasteiger partial charge in [0.1, 0.15) is 0 Å². The van der Waals surface area contributed by atoms with Gasteiger partial charge in [-0.1, -0.05) is 121 Å². The Kier molecular flexibility index (Phi) is 15.1. The van der Waals surface area contributed by atoms with Gasteiger partial charge >= 0.3 is 6.03 Å². The third-order valence-corrected chi connectivity index (χ3v) is 13.1. The van der Waals surface area contributed by atoms with Gasteiger partial charge in [-0.2, -0.15) is 0 Å². The molecule has 0 spiro atoms. The first-order valence-electron chi connectivity index (χ1n) is 21.8. The highest BCUT2D eigenvalue weighted by atomic mass is 16.7. The summed E-state index contributed by atoms with van der Waals surface area (Å²) in [5.74, 6) is 2.47. The van der Waals surface area contributed by atoms with Crippen molar-refractivity contribution in [2.24, 2.45) is 23.7 Å². The van der Waals surface area contributed by atoms with Crippen LogP contribution >= 0.6 is 0 Å². The van der Waals surface area contributed by atoms with Gasteiger partial charge in [-0.3, -0.25) is 0 Å². The van der Waals surface area contributed by atoms with Crippen LogP contribution in [0.2, 0.25) is 0 Å². The summed E-state index contributed by atoms with van der Waals surface area (Å²) in [6, 6.07) is 16.2. The molecule has 2 amide bonds. The minimum Gasteiger partial charge on any atom is -0.392 e. The van der Waals surface area contributed by atoms with E-state index in [9.17, 15) is 9.90 Å². The zero-order valence-electron chi connectivity index (χ0n) is 33.3. The number of anilines is 1. The van der Waals surface area contributed by atoms with Gasteiger partial charge in [-0.05, 0) is 105 Å². The van der Waals surface area contributed by atoms with Gasteiger partial charge < -0.3 is 30.1 Å². The van der Waals surface area contributed by atoms with Crippen LogP contribution in [0.1, 0.15) is 165 Å². The predicted molar refractivity (Wildman–Crippen MR) is 216 cm³/mol. The molecule has 4 atom stereocenters. The van der Waals surface area contributed by atoms with E-state index in [0.717, 1.165) is 79.0 Å². The van der Waals surface area contributed by atoms with Crippen molar-refractivity contribution < 1.29 is 19.4 Å². The molecule has 4 aliphatic carbocycles. The van der Waals surface area contributed by atoms with E-state index in [0.29, 0.717) is 0 Å². The summed E-state index contributed by atoms with van der Waals surface area (Å²) in [6.45, 7) is 9.95. The summed E-state index contributed by atoms with van der Waals surface area (Å²) >= 11 is 0. The second kappa shape index (κ2) is 19.9. The van der Waals surface area contributed by atoms with Crippen LogP contribution in [-0.4, -0.2) is 47.3 Å². The van der Waals surface area contributed by atoms with Crippen LogP contribution < -0.4 is 10.6 Å². The van der Waals surface area contributed by atoms with Gasteiger partial charge in [0.25, 0.3) is 0 Å². The average molecular weight is 730 g/mol. The number of ether oxygens (including phenoxy) is 2. The lowest BCUT2D eigenvalue weighted by atomic mass is 9.53. The number of amides is 2. The number of nitrogens with zero attached hydrogens (tertiary/aromatic N) is 1. The number of nitrogens with one attached hydrogen (secondary N) is 2. The summed E-state index contributed by atoms with van der Waals surface area (Å²) < 4.78 is 13.8. The molecule has 294 valence electrons. The lowest BCUT2D eigenvalue weighted by Gasteiger charge is -2.56. The van der Waals surface area contributed by atoms with Gasteiger partial charge in [-0.25, -0.2) is 4.79 Å². The maximum Gasteiger partial charge on any atom is 0.319 e. The number of rotatable bonds is 21. The maximum atomic E-state index is 13.5. The molecule has 7 heteroatoms. The standard InChI is InChI=1S/C46H71N3O4/c1-4-6-8-10-12-14-23-49(24-15-13-11-9-7-5-2)32-42-34(3)43(39-21-19-35(33-50)20-22-39)53-44(52-42)40-17-16-18-41(28-40)47-45(51)48-46-29-36-25-37(30-46)27-38(26-36)31-46/h16-22,28,34,36-38,42-44,50H,4-15,23-27,29-33H2,1-3H3,(H2,47,48,51). The van der Waals surface area contributed by atoms with Crippen LogP contribution in [-0.2, 0) is 16.1 Å². The van der Waals surface area contributed by atoms with Crippen molar-refractivity contribution in [3.63, 3.8) is 0 Å². The van der Waals surface area contributed by atoms with Crippen LogP contribution in [0.5, 0.6) is 0 Å². The molecule has 4 unspecified atom stereocenters. The zero-order valence-corrected chi connectivity index (χ0v) is 33.3. The second-order valence-electron chi connectivity index (χ2n) is 17.6. The summed E-state index contributed by atoms with van der Waals surface area (Å²) in [6.07, 6.45) is 22.3. The van der Waals surface area contributed by atoms with E-state index in [1.807, 2.05) is 30.3 Å². The predicted octanol–water partition coefficient (Wildman–Crippen LogP) is 11.1. The Hall–Kier alpha value is -2.45. The zero-order chi connectivity index (χ0) is 37.0. The molecular weight excluding hydrogens is 659 g/mol. The van der Waals surface area contributed by atoms with Crippen molar-refractivity contribution in [3.05, 3.63) is 65.2 Å². The van der Waals surface area contributed by atoms with Crippen molar-refractivity contribution in [1.82, 2.24) is 10.2 Å². The van der Waals surface area contributed by atoms with Crippen molar-refractivity contribution in [1.29, 1.82) is 0 Å². The van der Waals surface area contributed by atoms with Crippen LogP contribution in [0.3, 0.4) is 0 Å². The Labute approximate surface area is 321 Å². The first-order valence-corrected chi connectivity index (χ1v) is 21.8. The summed E-state index contributed by atoms with van der Waals surface area (Å²) in [4.78, 5) is 16.2. The van der Waals surface area contributed by atoms with E-state index < -0.39 is 6.29 Å². The van der Waals surface area contributed by atoms with Crippen LogP contribution in [0.15, 0.2) is 48.5 Å². The number of carbonyl (C=O) groups is 1. The molecule has 53 heavy (non-hydrogen) atoms. The Morgan fingerprint density at radius 2 is 1.36 bits per heavy atom. The molecule has 4 saturated carbocycles. The number of hydrogen-bond acceptors (Lipinski definition) is 5. The number of carbonyl (C=O) groups excluding carboxylic acids is 1. The minimum absolute atomic E-state index is 0.0209. The van der Waals surface area contributed by atoms with Crippen molar-refractivity contribution in [3.8, 4) is 0 Å². The summed E-state index contributed by atoms with van der Waals surface area (Å²) in [7, 11) is 0. The molecule has 0 aromatic heterocycles. The fourth-order valence-corrected chi connectivity index (χ4v) is 10.5. The molecular formula is C46H71N3O4. The normalized spacial score (nSPS) is 29.1. The molecule has 2 aromatic rings. The van der Waals surface area contributed by atoms with Crippen LogP contribution in [0, 0.1) is 23.7 Å². The topological polar surface area (TPSA) is 83.1 Å². The highest BCUT2D eigenvalue weighted by Crippen LogP contribution is 2.55. The number of hydrogen-bond donors (Lipinski definition) is 3. The molecule has 5 fully saturated rings. The van der Waals surface area contributed by atoms with Crippen molar-refractivity contribution in [2.75, 3.05) is 25.0 Å². The summed E-state index contributed by atoms with van der Waals surface area (Å²) in [5.41, 5.74) is 3.66. The van der Waals surface area contributed by atoms with E-state index >= 15 is 0 Å². The Bertz CT molecular complexity index is 1350. The van der Waals surface area contributed by atoms with E-state index in [1.54, 1.807) is 0 Å². The molecule has 1 heterocycles. The highest BCUT2D eigenvalue weighted by molar-refractivity contribution is 5.90. The average Bonchev–Trinajstić information content (AvgIpc) is 3.14. The minimum atomic E-state index is -0.559. The van der Waals surface area contributed by atoms with Gasteiger partial charge in [0.05, 0.1) is 18.8 Å². The molecule has 4 bridgehead atoms. The van der Waals surface area contributed by atoms with E-state index in [1.165, 1.54) is 96.3 Å². The smallest absolute Gasteiger partial charge is 0.319 e. The number of urea groups is 1. The second-order valence-corrected chi connectivity index (χ2v) is 17.6. The fourth-order valence-electron chi connectivity index (χ4n) is 10.5. The first-order chi connectivity index (χ1) is 25.9. The molecule has 1 saturated heterocycles. The Morgan fingerprint density at radius 3 is 1.94 bits per heavy atom. The third-order valence-electron chi connectivity index (χ3n) is 13.1. The Balaban J connectivity index is 1.14. The molecule has 2 aromatic carbocycles.